The van der Waals surface area contributed by atoms with E-state index in [1.165, 1.54) is 48.4 Å². The van der Waals surface area contributed by atoms with Gasteiger partial charge in [0.1, 0.15) is 5.01 Å². The van der Waals surface area contributed by atoms with Gasteiger partial charge in [0.05, 0.1) is 0 Å². The molecular weight excluding hydrogens is 182 g/mol. The van der Waals surface area contributed by atoms with Crippen molar-refractivity contribution in [2.24, 2.45) is 7.05 Å². The summed E-state index contributed by atoms with van der Waals surface area (Å²) in [5.74, 6) is 0.643. The number of nitrogens with one attached hydrogen (secondary N) is 1. The molecule has 0 bridgehead atoms. The first-order chi connectivity index (χ1) is 6.27. The van der Waals surface area contributed by atoms with Gasteiger partial charge in [-0.3, -0.25) is 5.41 Å². The molecule has 1 aliphatic rings. The Bertz CT molecular complexity index is 333. The van der Waals surface area contributed by atoms with Crippen LogP contribution in [-0.2, 0) is 7.05 Å². The minimum absolute atomic E-state index is 0.570. The van der Waals surface area contributed by atoms with E-state index in [1.54, 1.807) is 4.68 Å². The molecule has 1 N–H and O–H groups in total. The zero-order chi connectivity index (χ0) is 9.26. The summed E-state index contributed by atoms with van der Waals surface area (Å²) >= 11 is 1.54. The van der Waals surface area contributed by atoms with Gasteiger partial charge in [-0.15, -0.1) is 0 Å². The zero-order valence-electron chi connectivity index (χ0n) is 7.92. The van der Waals surface area contributed by atoms with E-state index < -0.39 is 0 Å². The number of hydrogen-bond acceptors (Lipinski definition) is 3. The summed E-state index contributed by atoms with van der Waals surface area (Å²) in [6, 6.07) is 0. The number of nitrogens with zero attached hydrogens (tertiary/aromatic N) is 2. The third-order valence-corrected chi connectivity index (χ3v) is 3.78. The van der Waals surface area contributed by atoms with Gasteiger partial charge in [-0.1, -0.05) is 30.6 Å². The molecule has 1 fully saturated rings. The summed E-state index contributed by atoms with van der Waals surface area (Å²) in [6.45, 7) is 0. The lowest BCUT2D eigenvalue weighted by atomic mass is 9.90. The lowest BCUT2D eigenvalue weighted by Crippen LogP contribution is -2.09. The van der Waals surface area contributed by atoms with E-state index in [9.17, 15) is 0 Å². The summed E-state index contributed by atoms with van der Waals surface area (Å²) in [5, 5.41) is 13.1. The highest BCUT2D eigenvalue weighted by atomic mass is 32.1. The predicted molar refractivity (Wildman–Crippen MR) is 52.8 cm³/mol. The molecule has 3 nitrogen and oxygen atoms in total. The molecule has 4 heteroatoms. The number of rotatable bonds is 1. The van der Waals surface area contributed by atoms with E-state index in [4.69, 9.17) is 5.41 Å². The number of hydrogen-bond donors (Lipinski definition) is 1. The Morgan fingerprint density at radius 3 is 2.62 bits per heavy atom. The van der Waals surface area contributed by atoms with Crippen LogP contribution in [0.15, 0.2) is 0 Å². The van der Waals surface area contributed by atoms with Gasteiger partial charge in [0.2, 0.25) is 0 Å². The molecule has 1 aromatic rings. The van der Waals surface area contributed by atoms with Gasteiger partial charge in [0, 0.05) is 13.0 Å². The summed E-state index contributed by atoms with van der Waals surface area (Å²) in [6.07, 6.45) is 6.59. The minimum atomic E-state index is 0.570. The second-order valence-corrected chi connectivity index (χ2v) is 4.71. The normalized spacial score (nSPS) is 19.2. The van der Waals surface area contributed by atoms with Gasteiger partial charge in [0.25, 0.3) is 0 Å². The maximum absolute atomic E-state index is 7.58. The highest BCUT2D eigenvalue weighted by molar-refractivity contribution is 7.08. The van der Waals surface area contributed by atoms with Gasteiger partial charge in [-0.25, -0.2) is 4.68 Å². The lowest BCUT2D eigenvalue weighted by molar-refractivity contribution is 0.437. The summed E-state index contributed by atoms with van der Waals surface area (Å²) in [5.41, 5.74) is 0. The molecular formula is C9H15N3S. The summed E-state index contributed by atoms with van der Waals surface area (Å²) in [7, 11) is 1.85. The molecule has 1 saturated carbocycles. The number of aryl methyl sites for hydroxylation is 1. The maximum Gasteiger partial charge on any atom is 0.199 e. The molecule has 0 unspecified atom stereocenters. The van der Waals surface area contributed by atoms with E-state index >= 15 is 0 Å². The monoisotopic (exact) mass is 197 g/mol. The summed E-state index contributed by atoms with van der Waals surface area (Å²) < 4.78 is 1.68. The first-order valence-corrected chi connectivity index (χ1v) is 5.67. The minimum Gasteiger partial charge on any atom is -0.274 e. The fraction of sp³-hybridized carbons (Fsp3) is 0.778. The van der Waals surface area contributed by atoms with Gasteiger partial charge in [0.15, 0.2) is 4.80 Å². The standard InChI is InChI=1S/C9H15N3S/c1-12-9(10)13-8(11-12)7-5-3-2-4-6-7/h7,10H,2-6H2,1H3. The Labute approximate surface area is 81.9 Å². The zero-order valence-corrected chi connectivity index (χ0v) is 8.73. The van der Waals surface area contributed by atoms with Crippen LogP contribution in [0.2, 0.25) is 0 Å². The Morgan fingerprint density at radius 2 is 2.08 bits per heavy atom. The van der Waals surface area contributed by atoms with Crippen LogP contribution in [-0.4, -0.2) is 9.78 Å². The Balaban J connectivity index is 2.19. The highest BCUT2D eigenvalue weighted by Gasteiger charge is 2.18. The molecule has 1 heterocycles. The Kier molecular flexibility index (Phi) is 2.49. The molecule has 2 rings (SSSR count). The predicted octanol–water partition coefficient (Wildman–Crippen LogP) is 2.01. The van der Waals surface area contributed by atoms with Crippen molar-refractivity contribution < 1.29 is 0 Å². The average Bonchev–Trinajstić information content (AvgIpc) is 2.49. The van der Waals surface area contributed by atoms with Crippen LogP contribution in [0.4, 0.5) is 0 Å². The average molecular weight is 197 g/mol. The van der Waals surface area contributed by atoms with Crippen LogP contribution in [0.3, 0.4) is 0 Å². The molecule has 1 aromatic heterocycles. The molecule has 0 aromatic carbocycles. The van der Waals surface area contributed by atoms with Gasteiger partial charge < -0.3 is 0 Å². The topological polar surface area (TPSA) is 41.7 Å². The van der Waals surface area contributed by atoms with E-state index in [-0.39, 0.29) is 0 Å². The molecule has 13 heavy (non-hydrogen) atoms. The van der Waals surface area contributed by atoms with Crippen LogP contribution in [0, 0.1) is 5.41 Å². The van der Waals surface area contributed by atoms with Gasteiger partial charge in [-0.05, 0) is 12.8 Å². The van der Waals surface area contributed by atoms with Crippen molar-refractivity contribution >= 4 is 11.3 Å². The fourth-order valence-electron chi connectivity index (χ4n) is 1.89. The van der Waals surface area contributed by atoms with Crippen molar-refractivity contribution in [2.45, 2.75) is 38.0 Å². The SMILES string of the molecule is Cn1nc(C2CCCCC2)sc1=N. The van der Waals surface area contributed by atoms with Crippen molar-refractivity contribution in [1.29, 1.82) is 5.41 Å². The maximum atomic E-state index is 7.58. The third kappa shape index (κ3) is 1.82. The first-order valence-electron chi connectivity index (χ1n) is 4.86. The first kappa shape index (κ1) is 8.94. The molecule has 72 valence electrons. The second kappa shape index (κ2) is 3.62. The molecule has 0 radical (unpaired) electrons. The van der Waals surface area contributed by atoms with Crippen molar-refractivity contribution in [3.63, 3.8) is 0 Å². The van der Waals surface area contributed by atoms with E-state index in [0.29, 0.717) is 10.7 Å². The van der Waals surface area contributed by atoms with Gasteiger partial charge >= 0.3 is 0 Å². The van der Waals surface area contributed by atoms with Crippen LogP contribution in [0.1, 0.15) is 43.0 Å². The quantitative estimate of drug-likeness (QED) is 0.735. The highest BCUT2D eigenvalue weighted by Crippen LogP contribution is 2.32. The van der Waals surface area contributed by atoms with Crippen molar-refractivity contribution in [2.75, 3.05) is 0 Å². The molecule has 0 atom stereocenters. The van der Waals surface area contributed by atoms with Crippen molar-refractivity contribution in [3.8, 4) is 0 Å². The van der Waals surface area contributed by atoms with Gasteiger partial charge in [-0.2, -0.15) is 5.10 Å². The van der Waals surface area contributed by atoms with E-state index in [1.807, 2.05) is 7.05 Å². The van der Waals surface area contributed by atoms with Crippen LogP contribution in [0.25, 0.3) is 0 Å². The fourth-order valence-corrected chi connectivity index (χ4v) is 2.83. The lowest BCUT2D eigenvalue weighted by Gasteiger charge is -2.18. The largest absolute Gasteiger partial charge is 0.274 e. The Morgan fingerprint density at radius 1 is 1.38 bits per heavy atom. The number of aromatic nitrogens is 2. The van der Waals surface area contributed by atoms with Crippen LogP contribution < -0.4 is 4.80 Å². The Hall–Kier alpha value is -0.640. The van der Waals surface area contributed by atoms with Crippen molar-refractivity contribution in [1.82, 2.24) is 9.78 Å². The van der Waals surface area contributed by atoms with Crippen molar-refractivity contribution in [3.05, 3.63) is 9.81 Å². The molecule has 0 amide bonds. The third-order valence-electron chi connectivity index (χ3n) is 2.70. The van der Waals surface area contributed by atoms with E-state index in [2.05, 4.69) is 5.10 Å². The van der Waals surface area contributed by atoms with Crippen LogP contribution in [0.5, 0.6) is 0 Å². The second-order valence-electron chi connectivity index (χ2n) is 3.70. The van der Waals surface area contributed by atoms with E-state index in [0.717, 1.165) is 0 Å². The molecule has 1 aliphatic carbocycles. The summed E-state index contributed by atoms with van der Waals surface area (Å²) in [4.78, 5) is 0.570. The molecule has 0 spiro atoms. The van der Waals surface area contributed by atoms with Crippen LogP contribution >= 0.6 is 11.3 Å². The molecule has 0 aliphatic heterocycles. The smallest absolute Gasteiger partial charge is 0.199 e. The molecule has 0 saturated heterocycles.